The van der Waals surface area contributed by atoms with E-state index in [0.29, 0.717) is 13.0 Å². The second-order valence-corrected chi connectivity index (χ2v) is 7.16. The predicted molar refractivity (Wildman–Crippen MR) is 118 cm³/mol. The molecule has 2 atom stereocenters. The summed E-state index contributed by atoms with van der Waals surface area (Å²) in [5.74, 6) is 1.90. The molecule has 3 aromatic rings. The van der Waals surface area contributed by atoms with E-state index in [9.17, 15) is 5.11 Å². The van der Waals surface area contributed by atoms with Gasteiger partial charge in [-0.1, -0.05) is 36.4 Å². The van der Waals surface area contributed by atoms with Crippen LogP contribution < -0.4 is 14.8 Å². The molecule has 0 saturated heterocycles. The Hall–Kier alpha value is -3.31. The molecule has 0 bridgehead atoms. The normalized spacial score (nSPS) is 18.5. The average Bonchev–Trinajstić information content (AvgIpc) is 2.80. The van der Waals surface area contributed by atoms with Crippen molar-refractivity contribution < 1.29 is 14.6 Å². The molecule has 1 heterocycles. The Bertz CT molecular complexity index is 1030. The van der Waals surface area contributed by atoms with Crippen LogP contribution in [0.3, 0.4) is 0 Å². The number of hydrogen-bond acceptors (Lipinski definition) is 5. The maximum absolute atomic E-state index is 10.5. The zero-order valence-electron chi connectivity index (χ0n) is 17.2. The number of nitrogens with zero attached hydrogens (tertiary/aromatic N) is 1. The van der Waals surface area contributed by atoms with Crippen LogP contribution in [0.1, 0.15) is 42.2 Å². The number of benzene rings is 3. The number of phenols is 1. The second-order valence-electron chi connectivity index (χ2n) is 7.16. The lowest BCUT2D eigenvalue weighted by molar-refractivity contribution is 0.327. The molecule has 30 heavy (non-hydrogen) atoms. The molecule has 1 aliphatic rings. The molecule has 0 saturated carbocycles. The van der Waals surface area contributed by atoms with Crippen molar-refractivity contribution in [3.05, 3.63) is 89.5 Å². The summed E-state index contributed by atoms with van der Waals surface area (Å²) in [6.45, 7) is 2.56. The fourth-order valence-electron chi connectivity index (χ4n) is 3.80. The quantitative estimate of drug-likeness (QED) is 0.608. The van der Waals surface area contributed by atoms with Gasteiger partial charge in [0.15, 0.2) is 0 Å². The molecule has 5 nitrogen and oxygen atoms in total. The van der Waals surface area contributed by atoms with Crippen LogP contribution in [-0.4, -0.2) is 24.5 Å². The van der Waals surface area contributed by atoms with Gasteiger partial charge in [0.05, 0.1) is 13.7 Å². The zero-order chi connectivity index (χ0) is 20.9. The Kier molecular flexibility index (Phi) is 6.00. The van der Waals surface area contributed by atoms with Crippen LogP contribution in [0, 0.1) is 0 Å². The lowest BCUT2D eigenvalue weighted by atomic mass is 9.93. The highest BCUT2D eigenvalue weighted by Crippen LogP contribution is 2.36. The molecule has 0 spiro atoms. The second kappa shape index (κ2) is 9.01. The van der Waals surface area contributed by atoms with Gasteiger partial charge in [-0.3, -0.25) is 10.3 Å². The Balaban J connectivity index is 1.76. The lowest BCUT2D eigenvalue weighted by Gasteiger charge is -2.31. The molecule has 5 heteroatoms. The summed E-state index contributed by atoms with van der Waals surface area (Å²) in [4.78, 5) is 5.03. The Morgan fingerprint density at radius 2 is 1.67 bits per heavy atom. The van der Waals surface area contributed by atoms with Gasteiger partial charge in [-0.05, 0) is 48.9 Å². The molecule has 0 amide bonds. The van der Waals surface area contributed by atoms with Crippen molar-refractivity contribution >= 4 is 5.71 Å². The van der Waals surface area contributed by atoms with Crippen LogP contribution in [0.5, 0.6) is 17.2 Å². The molecule has 0 radical (unpaired) electrons. The van der Waals surface area contributed by atoms with Crippen LogP contribution in [0.25, 0.3) is 0 Å². The third-order valence-corrected chi connectivity index (χ3v) is 5.29. The van der Waals surface area contributed by atoms with Crippen LogP contribution in [0.4, 0.5) is 0 Å². The number of phenolic OH excluding ortho intramolecular Hbond substituents is 1. The molecule has 2 N–H and O–H groups in total. The number of aromatic hydroxyl groups is 1. The van der Waals surface area contributed by atoms with Gasteiger partial charge in [0, 0.05) is 29.3 Å². The molecule has 0 aromatic heterocycles. The topological polar surface area (TPSA) is 63.1 Å². The summed E-state index contributed by atoms with van der Waals surface area (Å²) in [6.07, 6.45) is 0.375. The van der Waals surface area contributed by atoms with Crippen molar-refractivity contribution in [2.45, 2.75) is 25.6 Å². The summed E-state index contributed by atoms with van der Waals surface area (Å²) >= 11 is 0. The molecule has 0 fully saturated rings. The van der Waals surface area contributed by atoms with Crippen molar-refractivity contribution in [1.82, 2.24) is 5.32 Å². The third-order valence-electron chi connectivity index (χ3n) is 5.29. The third kappa shape index (κ3) is 4.16. The van der Waals surface area contributed by atoms with Crippen LogP contribution >= 0.6 is 0 Å². The first-order valence-corrected chi connectivity index (χ1v) is 10.2. The maximum atomic E-state index is 10.5. The van der Waals surface area contributed by atoms with Crippen molar-refractivity contribution in [2.24, 2.45) is 4.99 Å². The predicted octanol–water partition coefficient (Wildman–Crippen LogP) is 5.02. The van der Waals surface area contributed by atoms with Gasteiger partial charge in [0.2, 0.25) is 0 Å². The van der Waals surface area contributed by atoms with E-state index < -0.39 is 0 Å². The fraction of sp³-hybridized carbons (Fsp3) is 0.240. The minimum atomic E-state index is -0.289. The minimum absolute atomic E-state index is 0.0829. The van der Waals surface area contributed by atoms with Gasteiger partial charge in [-0.2, -0.15) is 0 Å². The van der Waals surface area contributed by atoms with Crippen LogP contribution in [0.2, 0.25) is 0 Å². The smallest absolute Gasteiger partial charge is 0.129 e. The molecule has 4 rings (SSSR count). The first-order valence-electron chi connectivity index (χ1n) is 10.2. The number of methoxy groups -OCH3 is 1. The van der Waals surface area contributed by atoms with Gasteiger partial charge in [0.25, 0.3) is 0 Å². The minimum Gasteiger partial charge on any atom is -0.508 e. The molecule has 0 unspecified atom stereocenters. The van der Waals surface area contributed by atoms with Crippen molar-refractivity contribution in [1.29, 1.82) is 0 Å². The molecule has 0 aliphatic carbocycles. The molecular weight excluding hydrogens is 376 g/mol. The highest BCUT2D eigenvalue weighted by Gasteiger charge is 2.29. The van der Waals surface area contributed by atoms with Gasteiger partial charge < -0.3 is 14.6 Å². The first kappa shape index (κ1) is 20.0. The lowest BCUT2D eigenvalue weighted by Crippen LogP contribution is -2.33. The number of ether oxygens (including phenoxy) is 2. The van der Waals surface area contributed by atoms with Gasteiger partial charge >= 0.3 is 0 Å². The summed E-state index contributed by atoms with van der Waals surface area (Å²) in [5, 5.41) is 14.1. The summed E-state index contributed by atoms with van der Waals surface area (Å²) < 4.78 is 11.1. The standard InChI is InChI=1S/C25H26N2O3/c1-3-30-24-11-7-5-9-20(24)25-26-21(17-12-14-18(29-2)15-13-17)16-22(27-25)19-8-4-6-10-23(19)28/h4-15,22,25,27-28H,3,16H2,1-2H3/t22-,25-/m1/s1. The van der Waals surface area contributed by atoms with Crippen molar-refractivity contribution in [3.8, 4) is 17.2 Å². The summed E-state index contributed by atoms with van der Waals surface area (Å²) in [7, 11) is 1.66. The van der Waals surface area contributed by atoms with E-state index in [4.69, 9.17) is 14.5 Å². The molecule has 154 valence electrons. The number of rotatable bonds is 6. The fourth-order valence-corrected chi connectivity index (χ4v) is 3.80. The van der Waals surface area contributed by atoms with Crippen molar-refractivity contribution in [3.63, 3.8) is 0 Å². The van der Waals surface area contributed by atoms with E-state index >= 15 is 0 Å². The monoisotopic (exact) mass is 402 g/mol. The maximum Gasteiger partial charge on any atom is 0.129 e. The van der Waals surface area contributed by atoms with E-state index in [1.807, 2.05) is 73.7 Å². The zero-order valence-corrected chi connectivity index (χ0v) is 17.2. The van der Waals surface area contributed by atoms with Crippen LogP contribution in [-0.2, 0) is 0 Å². The van der Waals surface area contributed by atoms with E-state index in [2.05, 4.69) is 5.32 Å². The van der Waals surface area contributed by atoms with E-state index in [0.717, 1.165) is 33.9 Å². The summed E-state index contributed by atoms with van der Waals surface area (Å²) in [6, 6.07) is 23.3. The van der Waals surface area contributed by atoms with Crippen LogP contribution in [0.15, 0.2) is 77.8 Å². The Morgan fingerprint density at radius 3 is 2.37 bits per heavy atom. The summed E-state index contributed by atoms with van der Waals surface area (Å²) in [5.41, 5.74) is 3.85. The number of aliphatic imine (C=N–C) groups is 1. The Morgan fingerprint density at radius 1 is 0.967 bits per heavy atom. The number of nitrogens with one attached hydrogen (secondary N) is 1. The van der Waals surface area contributed by atoms with E-state index in [-0.39, 0.29) is 18.0 Å². The average molecular weight is 402 g/mol. The highest BCUT2D eigenvalue weighted by atomic mass is 16.5. The van der Waals surface area contributed by atoms with Gasteiger partial charge in [-0.25, -0.2) is 0 Å². The number of para-hydroxylation sites is 2. The highest BCUT2D eigenvalue weighted by molar-refractivity contribution is 6.01. The van der Waals surface area contributed by atoms with E-state index in [1.54, 1.807) is 13.2 Å². The Labute approximate surface area is 177 Å². The first-order chi connectivity index (χ1) is 14.7. The number of hydrogen-bond donors (Lipinski definition) is 2. The SMILES string of the molecule is CCOc1ccccc1[C@@H]1N=C(c2ccc(OC)cc2)C[C@H](c2ccccc2O)N1. The molecular formula is C25H26N2O3. The molecule has 1 aliphatic heterocycles. The van der Waals surface area contributed by atoms with Crippen molar-refractivity contribution in [2.75, 3.05) is 13.7 Å². The van der Waals surface area contributed by atoms with E-state index in [1.165, 1.54) is 0 Å². The van der Waals surface area contributed by atoms with Gasteiger partial charge in [-0.15, -0.1) is 0 Å². The molecule has 3 aromatic carbocycles. The largest absolute Gasteiger partial charge is 0.508 e. The van der Waals surface area contributed by atoms with Gasteiger partial charge in [0.1, 0.15) is 23.4 Å².